The fourth-order valence-corrected chi connectivity index (χ4v) is 1.37. The van der Waals surface area contributed by atoms with Gasteiger partial charge in [-0.05, 0) is 19.4 Å². The van der Waals surface area contributed by atoms with Crippen molar-refractivity contribution in [2.75, 3.05) is 6.54 Å². The second-order valence-electron chi connectivity index (χ2n) is 3.58. The molecule has 0 saturated carbocycles. The molecule has 0 saturated heterocycles. The average Bonchev–Trinajstić information content (AvgIpc) is 2.64. The van der Waals surface area contributed by atoms with E-state index in [2.05, 4.69) is 10.3 Å². The first-order valence-corrected chi connectivity index (χ1v) is 5.16. The van der Waals surface area contributed by atoms with Gasteiger partial charge in [-0.3, -0.25) is 4.79 Å². The van der Waals surface area contributed by atoms with Crippen LogP contribution in [0.5, 0.6) is 0 Å². The van der Waals surface area contributed by atoms with E-state index in [0.717, 1.165) is 12.8 Å². The fourth-order valence-electron chi connectivity index (χ4n) is 1.37. The molecule has 0 spiro atoms. The highest BCUT2D eigenvalue weighted by atomic mass is 16.1. The largest absolute Gasteiger partial charge is 0.348 e. The van der Waals surface area contributed by atoms with Gasteiger partial charge in [0.2, 0.25) is 0 Å². The highest BCUT2D eigenvalue weighted by Crippen LogP contribution is 1.99. The normalized spacial score (nSPS) is 12.5. The molecule has 5 heteroatoms. The summed E-state index contributed by atoms with van der Waals surface area (Å²) in [5.74, 6) is -0.129. The monoisotopic (exact) mass is 210 g/mol. The van der Waals surface area contributed by atoms with Crippen molar-refractivity contribution in [3.05, 3.63) is 18.2 Å². The van der Waals surface area contributed by atoms with Crippen LogP contribution in [0.2, 0.25) is 0 Å². The van der Waals surface area contributed by atoms with Crippen LogP contribution < -0.4 is 11.1 Å². The van der Waals surface area contributed by atoms with Gasteiger partial charge in [-0.1, -0.05) is 6.92 Å². The van der Waals surface area contributed by atoms with Crippen molar-refractivity contribution >= 4 is 5.91 Å². The zero-order valence-corrected chi connectivity index (χ0v) is 9.23. The summed E-state index contributed by atoms with van der Waals surface area (Å²) in [4.78, 5) is 15.7. The molecule has 1 amide bonds. The molecular weight excluding hydrogens is 192 g/mol. The topological polar surface area (TPSA) is 72.9 Å². The summed E-state index contributed by atoms with van der Waals surface area (Å²) in [6, 6.07) is 0.143. The van der Waals surface area contributed by atoms with Gasteiger partial charge in [0, 0.05) is 19.3 Å². The predicted molar refractivity (Wildman–Crippen MR) is 58.4 cm³/mol. The van der Waals surface area contributed by atoms with Crippen molar-refractivity contribution in [3.8, 4) is 0 Å². The summed E-state index contributed by atoms with van der Waals surface area (Å²) in [5, 5.41) is 2.90. The molecule has 0 aliphatic heterocycles. The number of nitrogens with zero attached hydrogens (tertiary/aromatic N) is 2. The van der Waals surface area contributed by atoms with E-state index in [1.165, 1.54) is 0 Å². The van der Waals surface area contributed by atoms with Crippen molar-refractivity contribution < 1.29 is 4.79 Å². The second kappa shape index (κ2) is 5.50. The van der Waals surface area contributed by atoms with Crippen LogP contribution in [-0.2, 0) is 7.05 Å². The molecule has 1 heterocycles. The number of hydrogen-bond acceptors (Lipinski definition) is 3. The van der Waals surface area contributed by atoms with E-state index in [0.29, 0.717) is 12.2 Å². The molecule has 0 aromatic carbocycles. The number of carbonyl (C=O) groups is 1. The van der Waals surface area contributed by atoms with E-state index >= 15 is 0 Å². The number of imidazole rings is 1. The molecule has 1 rings (SSSR count). The fraction of sp³-hybridized carbons (Fsp3) is 0.600. The molecule has 15 heavy (non-hydrogen) atoms. The number of carbonyl (C=O) groups excluding carboxylic acids is 1. The molecule has 0 radical (unpaired) electrons. The van der Waals surface area contributed by atoms with Gasteiger partial charge in [-0.15, -0.1) is 0 Å². The summed E-state index contributed by atoms with van der Waals surface area (Å²) in [7, 11) is 1.83. The molecule has 0 bridgehead atoms. The van der Waals surface area contributed by atoms with Gasteiger partial charge in [-0.25, -0.2) is 4.98 Å². The number of amides is 1. The molecule has 0 aliphatic rings. The Morgan fingerprint density at radius 2 is 2.47 bits per heavy atom. The van der Waals surface area contributed by atoms with Crippen molar-refractivity contribution in [2.24, 2.45) is 12.8 Å². The minimum absolute atomic E-state index is 0.129. The van der Waals surface area contributed by atoms with E-state index in [1.807, 2.05) is 14.0 Å². The molecule has 1 atom stereocenters. The van der Waals surface area contributed by atoms with E-state index < -0.39 is 0 Å². The van der Waals surface area contributed by atoms with Crippen molar-refractivity contribution in [2.45, 2.75) is 25.8 Å². The van der Waals surface area contributed by atoms with E-state index in [-0.39, 0.29) is 11.9 Å². The Hall–Kier alpha value is -1.36. The highest BCUT2D eigenvalue weighted by molar-refractivity contribution is 5.92. The summed E-state index contributed by atoms with van der Waals surface area (Å²) in [6.45, 7) is 2.61. The van der Waals surface area contributed by atoms with Crippen molar-refractivity contribution in [1.82, 2.24) is 14.9 Å². The number of nitrogens with one attached hydrogen (secondary N) is 1. The van der Waals surface area contributed by atoms with Gasteiger partial charge < -0.3 is 15.6 Å². The van der Waals surface area contributed by atoms with Crippen LogP contribution in [0.4, 0.5) is 0 Å². The Morgan fingerprint density at radius 1 is 1.73 bits per heavy atom. The van der Waals surface area contributed by atoms with Crippen LogP contribution in [0.25, 0.3) is 0 Å². The molecule has 1 unspecified atom stereocenters. The van der Waals surface area contributed by atoms with Crippen LogP contribution in [0.15, 0.2) is 12.5 Å². The Kier molecular flexibility index (Phi) is 4.30. The van der Waals surface area contributed by atoms with E-state index in [1.54, 1.807) is 17.1 Å². The van der Waals surface area contributed by atoms with Crippen LogP contribution >= 0.6 is 0 Å². The maximum atomic E-state index is 11.7. The third-order valence-electron chi connectivity index (χ3n) is 2.28. The zero-order valence-electron chi connectivity index (χ0n) is 9.23. The minimum atomic E-state index is -0.129. The smallest absolute Gasteiger partial charge is 0.271 e. The van der Waals surface area contributed by atoms with Crippen LogP contribution in [-0.4, -0.2) is 28.0 Å². The van der Waals surface area contributed by atoms with Gasteiger partial charge in [0.1, 0.15) is 5.69 Å². The molecular formula is C10H18N4O. The van der Waals surface area contributed by atoms with Crippen LogP contribution in [0.3, 0.4) is 0 Å². The maximum Gasteiger partial charge on any atom is 0.271 e. The number of aryl methyl sites for hydroxylation is 1. The lowest BCUT2D eigenvalue weighted by Gasteiger charge is -2.14. The Labute approximate surface area is 89.7 Å². The molecule has 3 N–H and O–H groups in total. The van der Waals surface area contributed by atoms with Crippen molar-refractivity contribution in [3.63, 3.8) is 0 Å². The average molecular weight is 210 g/mol. The van der Waals surface area contributed by atoms with E-state index in [4.69, 9.17) is 5.73 Å². The number of aromatic nitrogens is 2. The number of nitrogens with two attached hydrogens (primary N) is 1. The van der Waals surface area contributed by atoms with Gasteiger partial charge in [0.25, 0.3) is 5.91 Å². The first kappa shape index (κ1) is 11.7. The summed E-state index contributed by atoms with van der Waals surface area (Å²) in [6.07, 6.45) is 4.99. The predicted octanol–water partition coefficient (Wildman–Crippen LogP) is 0.277. The number of rotatable bonds is 5. The molecule has 84 valence electrons. The van der Waals surface area contributed by atoms with E-state index in [9.17, 15) is 4.79 Å². The summed E-state index contributed by atoms with van der Waals surface area (Å²) >= 11 is 0. The Bertz CT molecular complexity index is 321. The lowest BCUT2D eigenvalue weighted by molar-refractivity contribution is 0.0930. The molecule has 1 aromatic rings. The molecule has 1 aromatic heterocycles. The summed E-state index contributed by atoms with van der Waals surface area (Å²) in [5.41, 5.74) is 5.90. The lowest BCUT2D eigenvalue weighted by Crippen LogP contribution is -2.36. The third kappa shape index (κ3) is 3.36. The quantitative estimate of drug-likeness (QED) is 0.733. The van der Waals surface area contributed by atoms with Gasteiger partial charge >= 0.3 is 0 Å². The Morgan fingerprint density at radius 3 is 2.93 bits per heavy atom. The van der Waals surface area contributed by atoms with Crippen molar-refractivity contribution in [1.29, 1.82) is 0 Å². The van der Waals surface area contributed by atoms with Gasteiger partial charge in [0.15, 0.2) is 0 Å². The molecule has 0 aliphatic carbocycles. The Balaban J connectivity index is 2.54. The minimum Gasteiger partial charge on any atom is -0.348 e. The second-order valence-corrected chi connectivity index (χ2v) is 3.58. The SMILES string of the molecule is CCC(CCN)NC(=O)c1cn(C)cn1. The zero-order chi connectivity index (χ0) is 11.3. The number of hydrogen-bond donors (Lipinski definition) is 2. The summed E-state index contributed by atoms with van der Waals surface area (Å²) < 4.78 is 1.75. The maximum absolute atomic E-state index is 11.7. The third-order valence-corrected chi connectivity index (χ3v) is 2.28. The van der Waals surface area contributed by atoms with Crippen LogP contribution in [0.1, 0.15) is 30.3 Å². The lowest BCUT2D eigenvalue weighted by atomic mass is 10.1. The first-order chi connectivity index (χ1) is 7.17. The highest BCUT2D eigenvalue weighted by Gasteiger charge is 2.13. The standard InChI is InChI=1S/C10H18N4O/c1-3-8(4-5-11)13-10(15)9-6-14(2)7-12-9/h6-8H,3-5,11H2,1-2H3,(H,13,15). The van der Waals surface area contributed by atoms with Gasteiger partial charge in [-0.2, -0.15) is 0 Å². The van der Waals surface area contributed by atoms with Gasteiger partial charge in [0.05, 0.1) is 6.33 Å². The molecule has 0 fully saturated rings. The van der Waals surface area contributed by atoms with Crippen LogP contribution in [0, 0.1) is 0 Å². The first-order valence-electron chi connectivity index (χ1n) is 5.16. The molecule has 5 nitrogen and oxygen atoms in total.